The van der Waals surface area contributed by atoms with Crippen molar-refractivity contribution in [3.8, 4) is 0 Å². The number of likely N-dealkylation sites (tertiary alicyclic amines) is 1. The molecule has 2 amide bonds. The largest absolute Gasteiger partial charge is 0.445 e. The van der Waals surface area contributed by atoms with E-state index in [2.05, 4.69) is 10.5 Å². The van der Waals surface area contributed by atoms with Gasteiger partial charge < -0.3 is 19.5 Å². The van der Waals surface area contributed by atoms with E-state index in [-0.39, 0.29) is 30.2 Å². The maximum atomic E-state index is 12.3. The zero-order chi connectivity index (χ0) is 18.4. The minimum atomic E-state index is -0.308. The monoisotopic (exact) mass is 357 g/mol. The van der Waals surface area contributed by atoms with Gasteiger partial charge in [-0.2, -0.15) is 0 Å². The molecular formula is C19H23N3O4. The second-order valence-electron chi connectivity index (χ2n) is 6.53. The summed E-state index contributed by atoms with van der Waals surface area (Å²) in [7, 11) is 0. The first-order valence-electron chi connectivity index (χ1n) is 8.79. The molecule has 1 aliphatic heterocycles. The van der Waals surface area contributed by atoms with Crippen LogP contribution in [0.2, 0.25) is 0 Å². The summed E-state index contributed by atoms with van der Waals surface area (Å²) in [6.45, 7) is 3.76. The molecule has 2 heterocycles. The number of carbonyl (C=O) groups is 2. The molecule has 1 aliphatic rings. The molecule has 2 aromatic rings. The number of benzene rings is 1. The van der Waals surface area contributed by atoms with Crippen LogP contribution in [0.15, 0.2) is 40.9 Å². The van der Waals surface area contributed by atoms with E-state index in [4.69, 9.17) is 9.26 Å². The van der Waals surface area contributed by atoms with Crippen molar-refractivity contribution in [1.29, 1.82) is 0 Å². The summed E-state index contributed by atoms with van der Waals surface area (Å²) in [4.78, 5) is 26.0. The molecule has 7 heteroatoms. The van der Waals surface area contributed by atoms with Crippen LogP contribution in [0.5, 0.6) is 0 Å². The number of aromatic nitrogens is 1. The molecule has 26 heavy (non-hydrogen) atoms. The van der Waals surface area contributed by atoms with Crippen molar-refractivity contribution in [2.75, 3.05) is 19.6 Å². The second kappa shape index (κ2) is 8.51. The number of hydrogen-bond acceptors (Lipinski definition) is 5. The van der Waals surface area contributed by atoms with E-state index in [0.29, 0.717) is 25.4 Å². The van der Waals surface area contributed by atoms with Crippen LogP contribution in [-0.4, -0.2) is 41.7 Å². The van der Waals surface area contributed by atoms with Gasteiger partial charge in [-0.05, 0) is 31.2 Å². The third-order valence-corrected chi connectivity index (χ3v) is 4.39. The molecule has 1 aromatic heterocycles. The average molecular weight is 357 g/mol. The van der Waals surface area contributed by atoms with Crippen LogP contribution in [0.3, 0.4) is 0 Å². The Kier molecular flexibility index (Phi) is 5.88. The predicted molar refractivity (Wildman–Crippen MR) is 94.5 cm³/mol. The lowest BCUT2D eigenvalue weighted by molar-refractivity contribution is 0.0775. The number of aryl methyl sites for hydroxylation is 1. The summed E-state index contributed by atoms with van der Waals surface area (Å²) in [6, 6.07) is 11.2. The van der Waals surface area contributed by atoms with Gasteiger partial charge in [-0.25, -0.2) is 4.79 Å². The minimum absolute atomic E-state index is 0.199. The standard InChI is InChI=1S/C19H23N3O4/c1-14-10-17(21-26-14)18(23)20-11-16-8-5-9-22(12-16)19(24)25-13-15-6-3-2-4-7-15/h2-4,6-7,10,16H,5,8-9,11-13H2,1H3,(H,20,23)/t16-/m0/s1. The Bertz CT molecular complexity index is 744. The smallest absolute Gasteiger partial charge is 0.410 e. The highest BCUT2D eigenvalue weighted by Gasteiger charge is 2.25. The molecule has 1 atom stereocenters. The van der Waals surface area contributed by atoms with E-state index >= 15 is 0 Å². The van der Waals surface area contributed by atoms with Crippen molar-refractivity contribution in [3.05, 3.63) is 53.4 Å². The number of rotatable bonds is 5. The number of carbonyl (C=O) groups excluding carboxylic acids is 2. The van der Waals surface area contributed by atoms with Gasteiger partial charge in [-0.15, -0.1) is 0 Å². The maximum absolute atomic E-state index is 12.3. The Hall–Kier alpha value is -2.83. The van der Waals surface area contributed by atoms with Gasteiger partial charge in [0.1, 0.15) is 12.4 Å². The van der Waals surface area contributed by atoms with E-state index in [9.17, 15) is 9.59 Å². The molecule has 0 saturated carbocycles. The van der Waals surface area contributed by atoms with Crippen LogP contribution in [0, 0.1) is 12.8 Å². The first-order valence-corrected chi connectivity index (χ1v) is 8.79. The van der Waals surface area contributed by atoms with Gasteiger partial charge in [0, 0.05) is 25.7 Å². The van der Waals surface area contributed by atoms with Crippen molar-refractivity contribution >= 4 is 12.0 Å². The SMILES string of the molecule is Cc1cc(C(=O)NC[C@@H]2CCCN(C(=O)OCc3ccccc3)C2)no1. The Morgan fingerprint density at radius 2 is 2.15 bits per heavy atom. The maximum Gasteiger partial charge on any atom is 0.410 e. The Balaban J connectivity index is 1.44. The van der Waals surface area contributed by atoms with E-state index < -0.39 is 0 Å². The highest BCUT2D eigenvalue weighted by atomic mass is 16.6. The summed E-state index contributed by atoms with van der Waals surface area (Å²) in [5, 5.41) is 6.56. The second-order valence-corrected chi connectivity index (χ2v) is 6.53. The summed E-state index contributed by atoms with van der Waals surface area (Å²) in [5.41, 5.74) is 1.24. The van der Waals surface area contributed by atoms with Gasteiger partial charge in [-0.3, -0.25) is 4.79 Å². The molecule has 0 unspecified atom stereocenters. The topological polar surface area (TPSA) is 84.7 Å². The van der Waals surface area contributed by atoms with E-state index in [0.717, 1.165) is 18.4 Å². The lowest BCUT2D eigenvalue weighted by atomic mass is 9.98. The molecule has 1 aromatic carbocycles. The zero-order valence-corrected chi connectivity index (χ0v) is 14.8. The lowest BCUT2D eigenvalue weighted by Crippen LogP contribution is -2.43. The first-order chi connectivity index (χ1) is 12.6. The van der Waals surface area contributed by atoms with Crippen molar-refractivity contribution in [3.63, 3.8) is 0 Å². The number of nitrogens with zero attached hydrogens (tertiary/aromatic N) is 2. The fourth-order valence-electron chi connectivity index (χ4n) is 3.01. The summed E-state index contributed by atoms with van der Waals surface area (Å²) in [6.07, 6.45) is 1.54. The van der Waals surface area contributed by atoms with Crippen LogP contribution in [0.25, 0.3) is 0 Å². The van der Waals surface area contributed by atoms with Crippen LogP contribution in [0.1, 0.15) is 34.7 Å². The van der Waals surface area contributed by atoms with Gasteiger partial charge in [0.25, 0.3) is 5.91 Å². The molecule has 1 N–H and O–H groups in total. The van der Waals surface area contributed by atoms with Gasteiger partial charge >= 0.3 is 6.09 Å². The van der Waals surface area contributed by atoms with Crippen LogP contribution >= 0.6 is 0 Å². The molecule has 1 saturated heterocycles. The Labute approximate surface area is 152 Å². The summed E-state index contributed by atoms with van der Waals surface area (Å²) in [5.74, 6) is 0.538. The van der Waals surface area contributed by atoms with Crippen molar-refractivity contribution in [2.24, 2.45) is 5.92 Å². The molecule has 1 fully saturated rings. The predicted octanol–water partition coefficient (Wildman–Crippen LogP) is 2.76. The van der Waals surface area contributed by atoms with E-state index in [1.165, 1.54) is 0 Å². The normalized spacial score (nSPS) is 17.0. The highest BCUT2D eigenvalue weighted by molar-refractivity contribution is 5.92. The number of piperidine rings is 1. The third kappa shape index (κ3) is 4.84. The summed E-state index contributed by atoms with van der Waals surface area (Å²) >= 11 is 0. The quantitative estimate of drug-likeness (QED) is 0.889. The van der Waals surface area contributed by atoms with Crippen molar-refractivity contribution < 1.29 is 18.8 Å². The molecule has 3 rings (SSSR count). The molecule has 0 spiro atoms. The van der Waals surface area contributed by atoms with E-state index in [1.54, 1.807) is 17.9 Å². The average Bonchev–Trinajstić information content (AvgIpc) is 3.12. The fraction of sp³-hybridized carbons (Fsp3) is 0.421. The fourth-order valence-corrected chi connectivity index (χ4v) is 3.01. The number of hydrogen-bond donors (Lipinski definition) is 1. The third-order valence-electron chi connectivity index (χ3n) is 4.39. The molecule has 0 radical (unpaired) electrons. The van der Waals surface area contributed by atoms with Crippen molar-refractivity contribution in [1.82, 2.24) is 15.4 Å². The molecule has 138 valence electrons. The van der Waals surface area contributed by atoms with E-state index in [1.807, 2.05) is 30.3 Å². The van der Waals surface area contributed by atoms with Gasteiger partial charge in [0.2, 0.25) is 0 Å². The van der Waals surface area contributed by atoms with Crippen LogP contribution in [0.4, 0.5) is 4.79 Å². The minimum Gasteiger partial charge on any atom is -0.445 e. The number of nitrogens with one attached hydrogen (secondary N) is 1. The van der Waals surface area contributed by atoms with Gasteiger partial charge in [-0.1, -0.05) is 35.5 Å². The summed E-state index contributed by atoms with van der Waals surface area (Å²) < 4.78 is 10.3. The lowest BCUT2D eigenvalue weighted by Gasteiger charge is -2.32. The molecule has 7 nitrogen and oxygen atoms in total. The number of amides is 2. The zero-order valence-electron chi connectivity index (χ0n) is 14.8. The Morgan fingerprint density at radius 3 is 2.88 bits per heavy atom. The molecular weight excluding hydrogens is 334 g/mol. The van der Waals surface area contributed by atoms with Crippen LogP contribution in [-0.2, 0) is 11.3 Å². The first kappa shape index (κ1) is 18.0. The van der Waals surface area contributed by atoms with Gasteiger partial charge in [0.15, 0.2) is 5.69 Å². The Morgan fingerprint density at radius 1 is 1.35 bits per heavy atom. The number of ether oxygens (including phenoxy) is 1. The van der Waals surface area contributed by atoms with Crippen molar-refractivity contribution in [2.45, 2.75) is 26.4 Å². The van der Waals surface area contributed by atoms with Gasteiger partial charge in [0.05, 0.1) is 0 Å². The van der Waals surface area contributed by atoms with Crippen LogP contribution < -0.4 is 5.32 Å². The highest BCUT2D eigenvalue weighted by Crippen LogP contribution is 2.17. The molecule has 0 bridgehead atoms. The molecule has 0 aliphatic carbocycles.